The number of phenolic OH excluding ortho intramolecular Hbond substituents is 1. The second-order valence-corrected chi connectivity index (χ2v) is 13.8. The van der Waals surface area contributed by atoms with Crippen LogP contribution in [0, 0.1) is 17.3 Å². The van der Waals surface area contributed by atoms with E-state index in [-0.39, 0.29) is 41.7 Å². The highest BCUT2D eigenvalue weighted by molar-refractivity contribution is 6.25. The SMILES string of the molecule is CN(C)c1cc(CNCC(C)(C)C)c(O)c2c1C[C@H]1C[C@H]3[C@H](N(C)C)C(=O)C(C(=O)NC(O)C(F)(F)F)=C(O)[C@@]3(O)C(=O)C1=C2O. The Bertz CT molecular complexity index is 1530. The fraction of sp³-hybridized carbons (Fsp3) is 0.581. The smallest absolute Gasteiger partial charge is 0.433 e. The monoisotopic (exact) mass is 654 g/mol. The number of aliphatic hydroxyl groups excluding tert-OH is 3. The largest absolute Gasteiger partial charge is 0.508 e. The van der Waals surface area contributed by atoms with Gasteiger partial charge < -0.3 is 41.1 Å². The Labute approximate surface area is 264 Å². The molecule has 0 radical (unpaired) electrons. The lowest BCUT2D eigenvalue weighted by Gasteiger charge is -2.50. The molecule has 3 aliphatic carbocycles. The zero-order chi connectivity index (χ0) is 34.8. The van der Waals surface area contributed by atoms with Crippen LogP contribution in [0.25, 0.3) is 5.76 Å². The Hall–Kier alpha value is -3.66. The van der Waals surface area contributed by atoms with Crippen LogP contribution in [0.5, 0.6) is 5.75 Å². The summed E-state index contributed by atoms with van der Waals surface area (Å²) < 4.78 is 39.0. The molecule has 15 heteroatoms. The number of Topliss-reactive ketones (excluding diaryl/α,β-unsaturated/α-hetero) is 2. The summed E-state index contributed by atoms with van der Waals surface area (Å²) in [6.45, 7) is 6.88. The van der Waals surface area contributed by atoms with E-state index >= 15 is 0 Å². The molecule has 1 saturated carbocycles. The molecule has 0 aromatic heterocycles. The second-order valence-electron chi connectivity index (χ2n) is 13.8. The van der Waals surface area contributed by atoms with Gasteiger partial charge in [-0.25, -0.2) is 0 Å². The lowest BCUT2D eigenvalue weighted by Crippen LogP contribution is -2.66. The number of likely N-dealkylation sites (N-methyl/N-ethyl adjacent to an activating group) is 1. The lowest BCUT2D eigenvalue weighted by molar-refractivity contribution is -0.213. The fourth-order valence-corrected chi connectivity index (χ4v) is 6.71. The molecule has 0 saturated heterocycles. The van der Waals surface area contributed by atoms with Crippen molar-refractivity contribution in [1.29, 1.82) is 0 Å². The van der Waals surface area contributed by atoms with E-state index in [0.717, 1.165) is 0 Å². The van der Waals surface area contributed by atoms with E-state index in [2.05, 4.69) is 5.32 Å². The summed E-state index contributed by atoms with van der Waals surface area (Å²) in [5.74, 6) is -8.93. The van der Waals surface area contributed by atoms with Crippen molar-refractivity contribution in [3.63, 3.8) is 0 Å². The maximum atomic E-state index is 14.2. The molecule has 0 heterocycles. The number of carbonyl (C=O) groups excluding carboxylic acids is 3. The van der Waals surface area contributed by atoms with E-state index in [1.807, 2.05) is 20.8 Å². The van der Waals surface area contributed by atoms with Crippen molar-refractivity contribution >= 4 is 28.9 Å². The van der Waals surface area contributed by atoms with Crippen LogP contribution in [0.15, 0.2) is 23.0 Å². The van der Waals surface area contributed by atoms with E-state index in [9.17, 15) is 53.1 Å². The fourth-order valence-electron chi connectivity index (χ4n) is 6.71. The molecule has 3 aliphatic rings. The zero-order valence-corrected chi connectivity index (χ0v) is 26.7. The highest BCUT2D eigenvalue weighted by atomic mass is 19.4. The number of anilines is 1. The summed E-state index contributed by atoms with van der Waals surface area (Å²) in [5, 5.41) is 59.9. The Morgan fingerprint density at radius 2 is 1.72 bits per heavy atom. The predicted octanol–water partition coefficient (Wildman–Crippen LogP) is 1.68. The van der Waals surface area contributed by atoms with Crippen LogP contribution in [-0.4, -0.2) is 107 Å². The summed E-state index contributed by atoms with van der Waals surface area (Å²) >= 11 is 0. The molecule has 46 heavy (non-hydrogen) atoms. The van der Waals surface area contributed by atoms with Gasteiger partial charge in [-0.15, -0.1) is 0 Å². The van der Waals surface area contributed by atoms with Crippen LogP contribution < -0.4 is 15.5 Å². The lowest BCUT2D eigenvalue weighted by atomic mass is 9.57. The number of aliphatic hydroxyl groups is 4. The number of nitrogens with zero attached hydrogens (tertiary/aromatic N) is 2. The number of phenols is 1. The number of rotatable bonds is 7. The minimum absolute atomic E-state index is 0.0498. The van der Waals surface area contributed by atoms with Gasteiger partial charge in [0.15, 0.2) is 11.4 Å². The number of hydrogen-bond donors (Lipinski definition) is 7. The van der Waals surface area contributed by atoms with E-state index in [1.54, 1.807) is 25.1 Å². The Kier molecular flexibility index (Phi) is 9.07. The molecule has 0 bridgehead atoms. The second kappa shape index (κ2) is 11.9. The number of fused-ring (bicyclic) bond motifs is 3. The van der Waals surface area contributed by atoms with Gasteiger partial charge in [0.05, 0.1) is 11.6 Å². The molecular formula is C31H41F3N4O8. The normalized spacial score (nSPS) is 25.7. The molecule has 5 atom stereocenters. The first-order valence-corrected chi connectivity index (χ1v) is 14.7. The van der Waals surface area contributed by atoms with Crippen molar-refractivity contribution in [1.82, 2.24) is 15.5 Å². The van der Waals surface area contributed by atoms with Gasteiger partial charge in [0, 0.05) is 49.9 Å². The quantitative estimate of drug-likeness (QED) is 0.168. The summed E-state index contributed by atoms with van der Waals surface area (Å²) in [6.07, 6.45) is -8.80. The van der Waals surface area contributed by atoms with E-state index in [4.69, 9.17) is 0 Å². The molecule has 1 aromatic carbocycles. The van der Waals surface area contributed by atoms with Gasteiger partial charge in [-0.3, -0.25) is 19.3 Å². The van der Waals surface area contributed by atoms with Gasteiger partial charge in [0.1, 0.15) is 22.8 Å². The Balaban J connectivity index is 1.89. The molecule has 12 nitrogen and oxygen atoms in total. The highest BCUT2D eigenvalue weighted by Crippen LogP contribution is 2.54. The van der Waals surface area contributed by atoms with Crippen LogP contribution >= 0.6 is 0 Å². The molecule has 0 aliphatic heterocycles. The molecule has 1 fully saturated rings. The minimum atomic E-state index is -5.32. The van der Waals surface area contributed by atoms with Crippen molar-refractivity contribution in [2.45, 2.75) is 64.2 Å². The first kappa shape index (κ1) is 35.2. The number of nitrogens with one attached hydrogen (secondary N) is 2. The van der Waals surface area contributed by atoms with E-state index < -0.39 is 70.4 Å². The molecule has 254 valence electrons. The average molecular weight is 655 g/mol. The van der Waals surface area contributed by atoms with E-state index in [0.29, 0.717) is 23.4 Å². The van der Waals surface area contributed by atoms with Gasteiger partial charge in [-0.1, -0.05) is 20.8 Å². The molecule has 1 aromatic rings. The topological polar surface area (TPSA) is 183 Å². The van der Waals surface area contributed by atoms with Crippen molar-refractivity contribution in [3.05, 3.63) is 39.7 Å². The average Bonchev–Trinajstić information content (AvgIpc) is 2.90. The van der Waals surface area contributed by atoms with Gasteiger partial charge >= 0.3 is 6.18 Å². The van der Waals surface area contributed by atoms with Crippen LogP contribution in [-0.2, 0) is 27.3 Å². The molecule has 0 spiro atoms. The number of alkyl halides is 3. The summed E-state index contributed by atoms with van der Waals surface area (Å²) in [6, 6.07) is 0.307. The van der Waals surface area contributed by atoms with E-state index in [1.165, 1.54) is 24.3 Å². The van der Waals surface area contributed by atoms with Crippen molar-refractivity contribution in [3.8, 4) is 5.75 Å². The number of carbonyl (C=O) groups is 3. The third-order valence-corrected chi connectivity index (χ3v) is 8.79. The van der Waals surface area contributed by atoms with Gasteiger partial charge in [-0.05, 0) is 49.9 Å². The third kappa shape index (κ3) is 5.85. The van der Waals surface area contributed by atoms with Crippen molar-refractivity contribution in [2.24, 2.45) is 17.3 Å². The van der Waals surface area contributed by atoms with Gasteiger partial charge in [-0.2, -0.15) is 13.2 Å². The molecule has 1 amide bonds. The first-order valence-electron chi connectivity index (χ1n) is 14.7. The maximum Gasteiger partial charge on any atom is 0.433 e. The summed E-state index contributed by atoms with van der Waals surface area (Å²) in [7, 11) is 6.33. The maximum absolute atomic E-state index is 14.2. The standard InChI is InChI=1S/C31H41F3N4O8/c1-29(2,3)12-35-11-14-10-17(37(4)5)15-8-13-9-16-21(38(6)7)24(41)20(27(44)36-28(45)31(32,33)34)26(43)30(16,46)25(42)18(13)23(40)19(15)22(14)39/h10,13,16,21,28,35,39-40,43,45-46H,8-9,11-12H2,1-7H3,(H,36,44)/t13-,16-,21-,28?,30-/m0/s1. The number of aromatic hydroxyl groups is 1. The molecule has 1 unspecified atom stereocenters. The van der Waals surface area contributed by atoms with Crippen molar-refractivity contribution in [2.75, 3.05) is 39.6 Å². The van der Waals surface area contributed by atoms with Gasteiger partial charge in [0.2, 0.25) is 12.0 Å². The number of benzene rings is 1. The molecule has 7 N–H and O–H groups in total. The van der Waals surface area contributed by atoms with Crippen LogP contribution in [0.1, 0.15) is 43.9 Å². The number of halogens is 3. The van der Waals surface area contributed by atoms with Crippen LogP contribution in [0.2, 0.25) is 0 Å². The number of hydrogen-bond acceptors (Lipinski definition) is 11. The highest BCUT2D eigenvalue weighted by Gasteiger charge is 2.64. The van der Waals surface area contributed by atoms with Crippen LogP contribution in [0.4, 0.5) is 18.9 Å². The Morgan fingerprint density at radius 3 is 2.24 bits per heavy atom. The predicted molar refractivity (Wildman–Crippen MR) is 161 cm³/mol. The molecule has 4 rings (SSSR count). The van der Waals surface area contributed by atoms with Crippen molar-refractivity contribution < 1.29 is 53.1 Å². The third-order valence-electron chi connectivity index (χ3n) is 8.79. The Morgan fingerprint density at radius 1 is 1.11 bits per heavy atom. The summed E-state index contributed by atoms with van der Waals surface area (Å²) in [5.41, 5.74) is -3.25. The zero-order valence-electron chi connectivity index (χ0n) is 26.7. The van der Waals surface area contributed by atoms with Crippen LogP contribution in [0.3, 0.4) is 0 Å². The van der Waals surface area contributed by atoms with Gasteiger partial charge in [0.25, 0.3) is 5.91 Å². The number of amides is 1. The molecular weight excluding hydrogens is 613 g/mol. The minimum Gasteiger partial charge on any atom is -0.508 e. The number of ketones is 2. The first-order chi connectivity index (χ1) is 21.0. The summed E-state index contributed by atoms with van der Waals surface area (Å²) in [4.78, 5) is 43.7.